The molecule has 7 aromatic rings. The minimum absolute atomic E-state index is 0.610. The Bertz CT molecular complexity index is 1930. The second kappa shape index (κ2) is 7.06. The van der Waals surface area contributed by atoms with Crippen LogP contribution in [0.1, 0.15) is 5.56 Å². The Kier molecular flexibility index (Phi) is 3.88. The lowest BCUT2D eigenvalue weighted by molar-refractivity contribution is 0.673. The van der Waals surface area contributed by atoms with Gasteiger partial charge in [-0.1, -0.05) is 48.5 Å². The number of hydrogen-bond acceptors (Lipinski definition) is 3. The van der Waals surface area contributed by atoms with E-state index in [4.69, 9.17) is 4.42 Å². The van der Waals surface area contributed by atoms with Gasteiger partial charge in [0.25, 0.3) is 0 Å². The van der Waals surface area contributed by atoms with Gasteiger partial charge in [-0.3, -0.25) is 4.98 Å². The third-order valence-corrected chi connectivity index (χ3v) is 6.54. The van der Waals surface area contributed by atoms with E-state index in [0.717, 1.165) is 60.6 Å². The topological polar surface area (TPSA) is 54.8 Å². The van der Waals surface area contributed by atoms with Gasteiger partial charge in [0.05, 0.1) is 28.1 Å². The number of para-hydroxylation sites is 2. The van der Waals surface area contributed by atoms with E-state index in [0.29, 0.717) is 5.56 Å². The highest BCUT2D eigenvalue weighted by atomic mass is 16.3. The van der Waals surface area contributed by atoms with E-state index >= 15 is 0 Å². The van der Waals surface area contributed by atoms with Crippen molar-refractivity contribution in [3.8, 4) is 22.9 Å². The third kappa shape index (κ3) is 2.55. The van der Waals surface area contributed by atoms with E-state index in [2.05, 4.69) is 70.2 Å². The first-order valence-corrected chi connectivity index (χ1v) is 11.1. The molecular formula is C30H17N3O. The van der Waals surface area contributed by atoms with Crippen molar-refractivity contribution in [2.45, 2.75) is 0 Å². The second-order valence-electron chi connectivity index (χ2n) is 8.37. The minimum Gasteiger partial charge on any atom is -0.455 e. The first-order chi connectivity index (χ1) is 16.8. The van der Waals surface area contributed by atoms with Crippen molar-refractivity contribution in [2.24, 2.45) is 0 Å². The summed E-state index contributed by atoms with van der Waals surface area (Å²) >= 11 is 0. The molecule has 0 amide bonds. The van der Waals surface area contributed by atoms with Crippen LogP contribution in [0.5, 0.6) is 0 Å². The molecule has 0 saturated heterocycles. The van der Waals surface area contributed by atoms with E-state index in [-0.39, 0.29) is 0 Å². The molecule has 0 fully saturated rings. The number of pyridine rings is 1. The Morgan fingerprint density at radius 1 is 0.765 bits per heavy atom. The van der Waals surface area contributed by atoms with Crippen molar-refractivity contribution in [1.29, 1.82) is 5.26 Å². The average molecular weight is 435 g/mol. The highest BCUT2D eigenvalue weighted by molar-refractivity contribution is 6.23. The van der Waals surface area contributed by atoms with Gasteiger partial charge >= 0.3 is 0 Å². The van der Waals surface area contributed by atoms with Crippen molar-refractivity contribution < 1.29 is 4.42 Å². The molecule has 4 nitrogen and oxygen atoms in total. The molecule has 158 valence electrons. The summed E-state index contributed by atoms with van der Waals surface area (Å²) < 4.78 is 8.66. The van der Waals surface area contributed by atoms with Gasteiger partial charge in [-0.2, -0.15) is 5.26 Å². The molecule has 0 aliphatic rings. The van der Waals surface area contributed by atoms with Crippen LogP contribution in [0.3, 0.4) is 0 Å². The van der Waals surface area contributed by atoms with Crippen LogP contribution in [0.4, 0.5) is 0 Å². The molecule has 3 aromatic heterocycles. The summed E-state index contributed by atoms with van der Waals surface area (Å²) in [4.78, 5) is 4.25. The summed E-state index contributed by atoms with van der Waals surface area (Å²) in [6.07, 6.45) is 3.40. The molecule has 0 atom stereocenters. The normalized spacial score (nSPS) is 11.5. The molecule has 0 bridgehead atoms. The fourth-order valence-electron chi connectivity index (χ4n) is 5.05. The van der Waals surface area contributed by atoms with Crippen LogP contribution in [0.2, 0.25) is 0 Å². The third-order valence-electron chi connectivity index (χ3n) is 6.54. The first-order valence-electron chi connectivity index (χ1n) is 11.1. The van der Waals surface area contributed by atoms with Crippen LogP contribution in [0.25, 0.3) is 60.6 Å². The van der Waals surface area contributed by atoms with Gasteiger partial charge < -0.3 is 8.98 Å². The van der Waals surface area contributed by atoms with Crippen LogP contribution in [-0.4, -0.2) is 9.55 Å². The first kappa shape index (κ1) is 18.7. The maximum atomic E-state index is 9.58. The van der Waals surface area contributed by atoms with E-state index in [1.165, 1.54) is 0 Å². The lowest BCUT2D eigenvalue weighted by Gasteiger charge is -2.11. The molecule has 0 unspecified atom stereocenters. The predicted octanol–water partition coefficient (Wildman–Crippen LogP) is 7.62. The van der Waals surface area contributed by atoms with E-state index in [1.54, 1.807) is 18.5 Å². The molecule has 34 heavy (non-hydrogen) atoms. The quantitative estimate of drug-likeness (QED) is 0.281. The van der Waals surface area contributed by atoms with Gasteiger partial charge in [0.2, 0.25) is 0 Å². The maximum absolute atomic E-state index is 9.58. The molecular weight excluding hydrogens is 418 g/mol. The number of nitriles is 1. The van der Waals surface area contributed by atoms with Crippen molar-refractivity contribution in [3.63, 3.8) is 0 Å². The zero-order valence-electron chi connectivity index (χ0n) is 18.1. The summed E-state index contributed by atoms with van der Waals surface area (Å²) in [5.74, 6) is 0. The number of nitrogens with zero attached hydrogens (tertiary/aromatic N) is 3. The standard InChI is InChI=1S/C30H17N3O/c31-17-20-14-15-32-18-25(20)19-6-5-7-21(16-19)33-26-10-3-1-9-24(26)29-27(33)13-12-23-22-8-2-4-11-28(22)34-30(23)29/h1-16,18H. The zero-order valence-corrected chi connectivity index (χ0v) is 18.1. The summed E-state index contributed by atoms with van der Waals surface area (Å²) in [6, 6.07) is 33.2. The monoisotopic (exact) mass is 435 g/mol. The predicted molar refractivity (Wildman–Crippen MR) is 136 cm³/mol. The molecule has 4 heteroatoms. The molecule has 7 rings (SSSR count). The Morgan fingerprint density at radius 3 is 2.53 bits per heavy atom. The van der Waals surface area contributed by atoms with Gasteiger partial charge in [-0.25, -0.2) is 0 Å². The molecule has 0 spiro atoms. The largest absolute Gasteiger partial charge is 0.455 e. The average Bonchev–Trinajstić information content (AvgIpc) is 3.44. The maximum Gasteiger partial charge on any atom is 0.145 e. The number of benzene rings is 4. The number of fused-ring (bicyclic) bond motifs is 7. The van der Waals surface area contributed by atoms with E-state index < -0.39 is 0 Å². The van der Waals surface area contributed by atoms with Gasteiger partial charge in [-0.05, 0) is 48.0 Å². The summed E-state index contributed by atoms with van der Waals surface area (Å²) in [6.45, 7) is 0. The zero-order chi connectivity index (χ0) is 22.6. The smallest absolute Gasteiger partial charge is 0.145 e. The van der Waals surface area contributed by atoms with Crippen LogP contribution in [0.15, 0.2) is 108 Å². The molecule has 0 saturated carbocycles. The van der Waals surface area contributed by atoms with Crippen molar-refractivity contribution in [1.82, 2.24) is 9.55 Å². The highest BCUT2D eigenvalue weighted by Crippen LogP contribution is 2.40. The Morgan fingerprint density at radius 2 is 1.62 bits per heavy atom. The van der Waals surface area contributed by atoms with Gasteiger partial charge in [0.1, 0.15) is 11.2 Å². The summed E-state index contributed by atoms with van der Waals surface area (Å²) in [5, 5.41) is 14.1. The summed E-state index contributed by atoms with van der Waals surface area (Å²) in [5.41, 5.74) is 7.40. The Balaban J connectivity index is 1.57. The minimum atomic E-state index is 0.610. The van der Waals surface area contributed by atoms with Crippen molar-refractivity contribution in [2.75, 3.05) is 0 Å². The van der Waals surface area contributed by atoms with Crippen LogP contribution in [-0.2, 0) is 0 Å². The van der Waals surface area contributed by atoms with Crippen LogP contribution >= 0.6 is 0 Å². The molecule has 3 heterocycles. The summed E-state index contributed by atoms with van der Waals surface area (Å²) in [7, 11) is 0. The fourth-order valence-corrected chi connectivity index (χ4v) is 5.05. The second-order valence-corrected chi connectivity index (χ2v) is 8.37. The number of hydrogen-bond donors (Lipinski definition) is 0. The van der Waals surface area contributed by atoms with Crippen LogP contribution in [0, 0.1) is 11.3 Å². The molecule has 0 aliphatic heterocycles. The van der Waals surface area contributed by atoms with Crippen LogP contribution < -0.4 is 0 Å². The lowest BCUT2D eigenvalue weighted by Crippen LogP contribution is -1.95. The van der Waals surface area contributed by atoms with Gasteiger partial charge in [-0.15, -0.1) is 0 Å². The molecule has 0 radical (unpaired) electrons. The number of rotatable bonds is 2. The van der Waals surface area contributed by atoms with Crippen molar-refractivity contribution in [3.05, 3.63) is 109 Å². The molecule has 0 aliphatic carbocycles. The van der Waals surface area contributed by atoms with E-state index in [9.17, 15) is 5.26 Å². The Hall–Kier alpha value is -4.88. The van der Waals surface area contributed by atoms with Gasteiger partial charge in [0.15, 0.2) is 0 Å². The molecule has 4 aromatic carbocycles. The molecule has 0 N–H and O–H groups in total. The number of furan rings is 1. The fraction of sp³-hybridized carbons (Fsp3) is 0. The Labute approximate surface area is 194 Å². The van der Waals surface area contributed by atoms with Crippen molar-refractivity contribution >= 4 is 43.7 Å². The SMILES string of the molecule is N#Cc1ccncc1-c1cccc(-n2c3ccccc3c3c4oc5ccccc5c4ccc32)c1. The number of aromatic nitrogens is 2. The highest BCUT2D eigenvalue weighted by Gasteiger charge is 2.18. The van der Waals surface area contributed by atoms with E-state index in [1.807, 2.05) is 30.3 Å². The van der Waals surface area contributed by atoms with Gasteiger partial charge in [0, 0.05) is 39.8 Å². The lowest BCUT2D eigenvalue weighted by atomic mass is 10.0.